The van der Waals surface area contributed by atoms with Gasteiger partial charge in [-0.1, -0.05) is 13.3 Å². The van der Waals surface area contributed by atoms with Gasteiger partial charge in [-0.15, -0.1) is 0 Å². The number of nitrogens with zero attached hydrogens (tertiary/aromatic N) is 2. The Morgan fingerprint density at radius 3 is 2.79 bits per heavy atom. The largest absolute Gasteiger partial charge is 0.388 e. The molecule has 106 valence electrons. The zero-order valence-corrected chi connectivity index (χ0v) is 11.7. The molecule has 1 heterocycles. The molecule has 0 atom stereocenters. The second kappa shape index (κ2) is 5.74. The summed E-state index contributed by atoms with van der Waals surface area (Å²) in [4.78, 5) is 15.9. The van der Waals surface area contributed by atoms with Crippen LogP contribution in [0, 0.1) is 5.92 Å². The molecule has 1 aromatic heterocycles. The first-order chi connectivity index (χ1) is 9.02. The predicted octanol–water partition coefficient (Wildman–Crippen LogP) is 1.48. The highest BCUT2D eigenvalue weighted by Gasteiger charge is 2.33. The molecule has 5 heteroatoms. The van der Waals surface area contributed by atoms with Crippen molar-refractivity contribution in [1.82, 2.24) is 14.9 Å². The average molecular weight is 265 g/mol. The van der Waals surface area contributed by atoms with E-state index in [0.29, 0.717) is 12.2 Å². The van der Waals surface area contributed by atoms with Crippen LogP contribution in [0.15, 0.2) is 12.5 Å². The number of aliphatic hydroxyl groups is 1. The third kappa shape index (κ3) is 3.56. The lowest BCUT2D eigenvalue weighted by Crippen LogP contribution is -2.45. The van der Waals surface area contributed by atoms with Gasteiger partial charge in [-0.05, 0) is 31.6 Å². The van der Waals surface area contributed by atoms with Gasteiger partial charge in [-0.25, -0.2) is 4.98 Å². The molecule has 0 aliphatic heterocycles. The summed E-state index contributed by atoms with van der Waals surface area (Å²) >= 11 is 0. The number of imidazole rings is 1. The van der Waals surface area contributed by atoms with Gasteiger partial charge in [0.25, 0.3) is 5.91 Å². The quantitative estimate of drug-likeness (QED) is 0.866. The van der Waals surface area contributed by atoms with E-state index in [-0.39, 0.29) is 5.91 Å². The van der Waals surface area contributed by atoms with Crippen molar-refractivity contribution in [3.63, 3.8) is 0 Å². The lowest BCUT2D eigenvalue weighted by Gasteiger charge is -2.35. The summed E-state index contributed by atoms with van der Waals surface area (Å²) in [5.41, 5.74) is -0.343. The highest BCUT2D eigenvalue weighted by molar-refractivity contribution is 5.92. The predicted molar refractivity (Wildman–Crippen MR) is 72.7 cm³/mol. The summed E-state index contributed by atoms with van der Waals surface area (Å²) in [7, 11) is 1.82. The molecule has 1 aliphatic carbocycles. The Bertz CT molecular complexity index is 434. The molecule has 19 heavy (non-hydrogen) atoms. The molecule has 0 aromatic carbocycles. The second-order valence-corrected chi connectivity index (χ2v) is 5.68. The van der Waals surface area contributed by atoms with Crippen molar-refractivity contribution in [3.05, 3.63) is 18.2 Å². The van der Waals surface area contributed by atoms with Gasteiger partial charge in [-0.3, -0.25) is 4.79 Å². The van der Waals surface area contributed by atoms with Crippen LogP contribution in [0.25, 0.3) is 0 Å². The number of hydrogen-bond donors (Lipinski definition) is 2. The minimum Gasteiger partial charge on any atom is -0.388 e. The van der Waals surface area contributed by atoms with Gasteiger partial charge in [0.15, 0.2) is 0 Å². The molecule has 1 aliphatic rings. The third-order valence-electron chi connectivity index (χ3n) is 4.13. The lowest BCUT2D eigenvalue weighted by atomic mass is 9.78. The molecule has 0 saturated heterocycles. The number of aryl methyl sites for hydroxylation is 1. The second-order valence-electron chi connectivity index (χ2n) is 5.68. The van der Waals surface area contributed by atoms with Crippen LogP contribution in [-0.4, -0.2) is 32.7 Å². The van der Waals surface area contributed by atoms with Crippen molar-refractivity contribution in [2.45, 2.75) is 44.6 Å². The zero-order valence-electron chi connectivity index (χ0n) is 11.7. The summed E-state index contributed by atoms with van der Waals surface area (Å²) in [5, 5.41) is 13.2. The van der Waals surface area contributed by atoms with Crippen LogP contribution in [0.4, 0.5) is 0 Å². The molecule has 0 bridgehead atoms. The van der Waals surface area contributed by atoms with E-state index in [9.17, 15) is 9.90 Å². The Morgan fingerprint density at radius 1 is 1.58 bits per heavy atom. The maximum atomic E-state index is 11.9. The van der Waals surface area contributed by atoms with E-state index in [0.717, 1.165) is 31.6 Å². The number of amides is 1. The SMILES string of the molecule is CCC1CCC(O)(CNC(=O)c2cn(C)cn2)CC1. The van der Waals surface area contributed by atoms with Crippen molar-refractivity contribution >= 4 is 5.91 Å². The van der Waals surface area contributed by atoms with Crippen molar-refractivity contribution in [1.29, 1.82) is 0 Å². The fourth-order valence-electron chi connectivity index (χ4n) is 2.67. The van der Waals surface area contributed by atoms with E-state index in [1.54, 1.807) is 17.1 Å². The van der Waals surface area contributed by atoms with Gasteiger partial charge in [-0.2, -0.15) is 0 Å². The summed E-state index contributed by atoms with van der Waals surface area (Å²) in [6.07, 6.45) is 8.08. The van der Waals surface area contributed by atoms with Crippen LogP contribution in [0.5, 0.6) is 0 Å². The molecule has 0 unspecified atom stereocenters. The number of rotatable bonds is 4. The van der Waals surface area contributed by atoms with Crippen LogP contribution >= 0.6 is 0 Å². The van der Waals surface area contributed by atoms with Crippen LogP contribution in [-0.2, 0) is 7.05 Å². The Labute approximate surface area is 114 Å². The van der Waals surface area contributed by atoms with E-state index in [4.69, 9.17) is 0 Å². The van der Waals surface area contributed by atoms with Crippen molar-refractivity contribution in [3.8, 4) is 0 Å². The van der Waals surface area contributed by atoms with E-state index in [1.807, 2.05) is 7.05 Å². The fourth-order valence-corrected chi connectivity index (χ4v) is 2.67. The molecule has 1 amide bonds. The first kappa shape index (κ1) is 14.1. The molecule has 1 aromatic rings. The van der Waals surface area contributed by atoms with E-state index in [2.05, 4.69) is 17.2 Å². The number of carbonyl (C=O) groups is 1. The maximum absolute atomic E-state index is 11.9. The van der Waals surface area contributed by atoms with E-state index >= 15 is 0 Å². The standard InChI is InChI=1S/C14H23N3O2/c1-3-11-4-6-14(19,7-5-11)9-15-13(18)12-8-17(2)10-16-12/h8,10-11,19H,3-7,9H2,1-2H3,(H,15,18). The Balaban J connectivity index is 1.83. The lowest BCUT2D eigenvalue weighted by molar-refractivity contribution is -0.00789. The van der Waals surface area contributed by atoms with E-state index in [1.165, 1.54) is 6.42 Å². The van der Waals surface area contributed by atoms with Gasteiger partial charge in [0.2, 0.25) is 0 Å². The topological polar surface area (TPSA) is 67.2 Å². The zero-order chi connectivity index (χ0) is 13.9. The molecule has 1 fully saturated rings. The van der Waals surface area contributed by atoms with E-state index < -0.39 is 5.60 Å². The van der Waals surface area contributed by atoms with Crippen LogP contribution < -0.4 is 5.32 Å². The van der Waals surface area contributed by atoms with Crippen LogP contribution in [0.1, 0.15) is 49.5 Å². The van der Waals surface area contributed by atoms with Gasteiger partial charge < -0.3 is 15.0 Å². The highest BCUT2D eigenvalue weighted by atomic mass is 16.3. The number of hydrogen-bond acceptors (Lipinski definition) is 3. The Hall–Kier alpha value is -1.36. The smallest absolute Gasteiger partial charge is 0.271 e. The van der Waals surface area contributed by atoms with Crippen molar-refractivity contribution in [2.24, 2.45) is 13.0 Å². The molecule has 5 nitrogen and oxygen atoms in total. The molecule has 2 N–H and O–H groups in total. The first-order valence-corrected chi connectivity index (χ1v) is 7.01. The molecular weight excluding hydrogens is 242 g/mol. The van der Waals surface area contributed by atoms with Gasteiger partial charge >= 0.3 is 0 Å². The minimum atomic E-state index is -0.740. The van der Waals surface area contributed by atoms with Crippen molar-refractivity contribution < 1.29 is 9.90 Å². The highest BCUT2D eigenvalue weighted by Crippen LogP contribution is 2.33. The number of nitrogens with one attached hydrogen (secondary N) is 1. The van der Waals surface area contributed by atoms with Crippen LogP contribution in [0.3, 0.4) is 0 Å². The number of aromatic nitrogens is 2. The Kier molecular flexibility index (Phi) is 4.24. The molecule has 2 rings (SSSR count). The summed E-state index contributed by atoms with van der Waals surface area (Å²) in [6, 6.07) is 0. The average Bonchev–Trinajstić information content (AvgIpc) is 2.84. The maximum Gasteiger partial charge on any atom is 0.271 e. The van der Waals surface area contributed by atoms with Gasteiger partial charge in [0, 0.05) is 19.8 Å². The molecule has 0 spiro atoms. The normalized spacial score (nSPS) is 27.2. The number of carbonyl (C=O) groups excluding carboxylic acids is 1. The van der Waals surface area contributed by atoms with Crippen LogP contribution in [0.2, 0.25) is 0 Å². The Morgan fingerprint density at radius 2 is 2.26 bits per heavy atom. The fraction of sp³-hybridized carbons (Fsp3) is 0.714. The monoisotopic (exact) mass is 265 g/mol. The third-order valence-corrected chi connectivity index (χ3v) is 4.13. The molecular formula is C14H23N3O2. The summed E-state index contributed by atoms with van der Waals surface area (Å²) in [6.45, 7) is 2.51. The molecule has 1 saturated carbocycles. The minimum absolute atomic E-state index is 0.216. The first-order valence-electron chi connectivity index (χ1n) is 7.01. The summed E-state index contributed by atoms with van der Waals surface area (Å²) in [5.74, 6) is 0.512. The molecule has 0 radical (unpaired) electrons. The van der Waals surface area contributed by atoms with Gasteiger partial charge in [0.05, 0.1) is 11.9 Å². The van der Waals surface area contributed by atoms with Crippen molar-refractivity contribution in [2.75, 3.05) is 6.54 Å². The summed E-state index contributed by atoms with van der Waals surface area (Å²) < 4.78 is 1.73. The van der Waals surface area contributed by atoms with Gasteiger partial charge in [0.1, 0.15) is 5.69 Å².